The highest BCUT2D eigenvalue weighted by Crippen LogP contribution is 2.30. The normalized spacial score (nSPS) is 10.2. The van der Waals surface area contributed by atoms with Crippen molar-refractivity contribution < 1.29 is 10.2 Å². The zero-order valence-electron chi connectivity index (χ0n) is 12.7. The summed E-state index contributed by atoms with van der Waals surface area (Å²) < 4.78 is 0. The van der Waals surface area contributed by atoms with Gasteiger partial charge in [-0.05, 0) is 48.5 Å². The molecule has 24 heavy (non-hydrogen) atoms. The average molecular weight is 342 g/mol. The Bertz CT molecular complexity index is 785. The number of nitrogens with zero attached hydrogens (tertiary/aromatic N) is 2. The quantitative estimate of drug-likeness (QED) is 0.428. The molecular weight excluding hydrogens is 326 g/mol. The number of nitrogen functional groups attached to an aromatic ring is 1. The van der Waals surface area contributed by atoms with Crippen LogP contribution in [0.4, 0.5) is 17.1 Å². The first-order valence-corrected chi connectivity index (χ1v) is 7.42. The van der Waals surface area contributed by atoms with E-state index in [9.17, 15) is 5.11 Å². The van der Waals surface area contributed by atoms with Gasteiger partial charge in [0.15, 0.2) is 0 Å². The van der Waals surface area contributed by atoms with Crippen LogP contribution in [0.5, 0.6) is 11.5 Å². The van der Waals surface area contributed by atoms with Crippen LogP contribution in [-0.4, -0.2) is 10.2 Å². The first-order valence-electron chi connectivity index (χ1n) is 7.04. The van der Waals surface area contributed by atoms with Crippen molar-refractivity contribution in [2.45, 2.75) is 0 Å². The highest BCUT2D eigenvalue weighted by Gasteiger charge is 2.00. The van der Waals surface area contributed by atoms with E-state index in [4.69, 9.17) is 22.4 Å². The topological polar surface area (TPSA) is 91.2 Å². The molecule has 4 N–H and O–H groups in total. The molecule has 0 saturated heterocycles. The lowest BCUT2D eigenvalue weighted by atomic mass is 10.3. The number of phenols is 2. The predicted octanol–water partition coefficient (Wildman–Crippen LogP) is 5.44. The number of anilines is 1. The minimum Gasteiger partial charge on any atom is -0.508 e. The molecule has 0 bridgehead atoms. The third-order valence-corrected chi connectivity index (χ3v) is 3.11. The van der Waals surface area contributed by atoms with Crippen molar-refractivity contribution in [3.8, 4) is 11.5 Å². The SMILES string of the molecule is Nc1ccc(Cl)cc1.Oc1ccc(/N=N/c2ccccc2)c(O)c1. The van der Waals surface area contributed by atoms with Crippen LogP contribution in [0.3, 0.4) is 0 Å². The van der Waals surface area contributed by atoms with Crippen molar-refractivity contribution in [1.29, 1.82) is 0 Å². The Morgan fingerprint density at radius 2 is 1.46 bits per heavy atom. The second-order valence-electron chi connectivity index (χ2n) is 4.76. The maximum Gasteiger partial charge on any atom is 0.146 e. The molecule has 6 heteroatoms. The van der Waals surface area contributed by atoms with Crippen molar-refractivity contribution >= 4 is 28.7 Å². The Hall–Kier alpha value is -3.05. The molecule has 0 spiro atoms. The highest BCUT2D eigenvalue weighted by molar-refractivity contribution is 6.30. The van der Waals surface area contributed by atoms with E-state index in [0.29, 0.717) is 11.4 Å². The average Bonchev–Trinajstić information content (AvgIpc) is 2.58. The molecule has 0 fully saturated rings. The van der Waals surface area contributed by atoms with Crippen LogP contribution in [0, 0.1) is 0 Å². The Balaban J connectivity index is 0.000000219. The van der Waals surface area contributed by atoms with Crippen LogP contribution in [-0.2, 0) is 0 Å². The lowest BCUT2D eigenvalue weighted by Gasteiger charge is -1.97. The Labute approximate surface area is 144 Å². The van der Waals surface area contributed by atoms with Gasteiger partial charge >= 0.3 is 0 Å². The molecule has 3 aromatic carbocycles. The minimum absolute atomic E-state index is 0.00355. The third kappa shape index (κ3) is 5.62. The number of nitrogens with two attached hydrogens (primary N) is 1. The van der Waals surface area contributed by atoms with Gasteiger partial charge in [0.05, 0.1) is 5.69 Å². The summed E-state index contributed by atoms with van der Waals surface area (Å²) >= 11 is 5.56. The molecule has 122 valence electrons. The van der Waals surface area contributed by atoms with E-state index in [1.807, 2.05) is 18.2 Å². The number of hydrogen-bond donors (Lipinski definition) is 3. The maximum atomic E-state index is 9.46. The number of halogens is 1. The third-order valence-electron chi connectivity index (χ3n) is 2.86. The first kappa shape index (κ1) is 17.3. The Kier molecular flexibility index (Phi) is 6.16. The Morgan fingerprint density at radius 3 is 2.04 bits per heavy atom. The summed E-state index contributed by atoms with van der Waals surface area (Å²) in [4.78, 5) is 0. The van der Waals surface area contributed by atoms with E-state index < -0.39 is 0 Å². The molecule has 3 aromatic rings. The summed E-state index contributed by atoms with van der Waals surface area (Å²) in [7, 11) is 0. The summed E-state index contributed by atoms with van der Waals surface area (Å²) in [6.45, 7) is 0. The highest BCUT2D eigenvalue weighted by atomic mass is 35.5. The maximum absolute atomic E-state index is 9.46. The van der Waals surface area contributed by atoms with Crippen molar-refractivity contribution in [2.75, 3.05) is 5.73 Å². The molecule has 0 aliphatic heterocycles. The molecule has 0 atom stereocenters. The van der Waals surface area contributed by atoms with Crippen molar-refractivity contribution in [2.24, 2.45) is 10.2 Å². The lowest BCUT2D eigenvalue weighted by molar-refractivity contribution is 0.451. The number of phenolic OH excluding ortho intramolecular Hbond substituents is 2. The van der Waals surface area contributed by atoms with Gasteiger partial charge < -0.3 is 15.9 Å². The van der Waals surface area contributed by atoms with Gasteiger partial charge in [-0.2, -0.15) is 5.11 Å². The van der Waals surface area contributed by atoms with Gasteiger partial charge in [-0.3, -0.25) is 0 Å². The van der Waals surface area contributed by atoms with Gasteiger partial charge in [0.25, 0.3) is 0 Å². The fourth-order valence-electron chi connectivity index (χ4n) is 1.67. The van der Waals surface area contributed by atoms with E-state index in [1.165, 1.54) is 18.2 Å². The molecule has 0 amide bonds. The number of hydrogen-bond acceptors (Lipinski definition) is 5. The number of benzene rings is 3. The number of rotatable bonds is 2. The van der Waals surface area contributed by atoms with Crippen LogP contribution in [0.2, 0.25) is 5.02 Å². The van der Waals surface area contributed by atoms with Gasteiger partial charge in [-0.15, -0.1) is 5.11 Å². The molecule has 0 aliphatic rings. The van der Waals surface area contributed by atoms with Crippen LogP contribution in [0.1, 0.15) is 0 Å². The molecule has 0 radical (unpaired) electrons. The summed E-state index contributed by atoms with van der Waals surface area (Å²) in [6.07, 6.45) is 0. The summed E-state index contributed by atoms with van der Waals surface area (Å²) in [6, 6.07) is 20.4. The molecular formula is C18H16ClN3O2. The molecule has 5 nitrogen and oxygen atoms in total. The molecule has 0 aliphatic carbocycles. The molecule has 0 unspecified atom stereocenters. The van der Waals surface area contributed by atoms with E-state index in [1.54, 1.807) is 36.4 Å². The predicted molar refractivity (Wildman–Crippen MR) is 96.3 cm³/mol. The molecule has 0 heterocycles. The van der Waals surface area contributed by atoms with Crippen LogP contribution < -0.4 is 5.73 Å². The lowest BCUT2D eigenvalue weighted by Crippen LogP contribution is -1.80. The minimum atomic E-state index is -0.0975. The van der Waals surface area contributed by atoms with E-state index >= 15 is 0 Å². The zero-order valence-corrected chi connectivity index (χ0v) is 13.4. The largest absolute Gasteiger partial charge is 0.508 e. The zero-order chi connectivity index (χ0) is 17.4. The second kappa shape index (κ2) is 8.55. The summed E-state index contributed by atoms with van der Waals surface area (Å²) in [5.41, 5.74) is 7.14. The molecule has 0 saturated carbocycles. The van der Waals surface area contributed by atoms with Crippen molar-refractivity contribution in [3.63, 3.8) is 0 Å². The Morgan fingerprint density at radius 1 is 0.792 bits per heavy atom. The number of azo groups is 1. The standard InChI is InChI=1S/C12H10N2O2.C6H6ClN/c15-10-6-7-11(12(16)8-10)14-13-9-4-2-1-3-5-9;7-5-1-3-6(8)4-2-5/h1-8,15-16H;1-4H,8H2/b14-13+;. The van der Waals surface area contributed by atoms with Crippen LogP contribution >= 0.6 is 11.6 Å². The van der Waals surface area contributed by atoms with E-state index in [-0.39, 0.29) is 11.5 Å². The molecule has 3 rings (SSSR count). The van der Waals surface area contributed by atoms with Gasteiger partial charge in [0.2, 0.25) is 0 Å². The van der Waals surface area contributed by atoms with Gasteiger partial charge in [0.1, 0.15) is 17.2 Å². The summed E-state index contributed by atoms with van der Waals surface area (Å²) in [5, 5.41) is 27.1. The monoisotopic (exact) mass is 341 g/mol. The van der Waals surface area contributed by atoms with Gasteiger partial charge in [0, 0.05) is 16.8 Å². The van der Waals surface area contributed by atoms with E-state index in [2.05, 4.69) is 10.2 Å². The van der Waals surface area contributed by atoms with E-state index in [0.717, 1.165) is 10.7 Å². The van der Waals surface area contributed by atoms with Gasteiger partial charge in [-0.1, -0.05) is 29.8 Å². The number of aromatic hydroxyl groups is 2. The van der Waals surface area contributed by atoms with Crippen LogP contribution in [0.15, 0.2) is 83.0 Å². The fraction of sp³-hybridized carbons (Fsp3) is 0. The van der Waals surface area contributed by atoms with Crippen molar-refractivity contribution in [3.05, 3.63) is 77.8 Å². The smallest absolute Gasteiger partial charge is 0.146 e. The fourth-order valence-corrected chi connectivity index (χ4v) is 1.79. The summed E-state index contributed by atoms with van der Waals surface area (Å²) in [5.74, 6) is -0.101. The first-order chi connectivity index (χ1) is 11.5. The van der Waals surface area contributed by atoms with Gasteiger partial charge in [-0.25, -0.2) is 0 Å². The molecule has 0 aromatic heterocycles. The second-order valence-corrected chi connectivity index (χ2v) is 5.20. The van der Waals surface area contributed by atoms with Crippen LogP contribution in [0.25, 0.3) is 0 Å². The van der Waals surface area contributed by atoms with Crippen molar-refractivity contribution in [1.82, 2.24) is 0 Å².